The summed E-state index contributed by atoms with van der Waals surface area (Å²) in [6.07, 6.45) is 2.68. The minimum absolute atomic E-state index is 0.110. The number of ether oxygens (including phenoxy) is 1. The summed E-state index contributed by atoms with van der Waals surface area (Å²) < 4.78 is 4.77. The number of hydrogen-bond donors (Lipinski definition) is 2. The zero-order valence-electron chi connectivity index (χ0n) is 12.3. The van der Waals surface area contributed by atoms with Crippen LogP contribution in [0.5, 0.6) is 0 Å². The second kappa shape index (κ2) is 6.58. The summed E-state index contributed by atoms with van der Waals surface area (Å²) in [5.41, 5.74) is 8.46. The molecular weight excluding hydrogens is 286 g/mol. The molecule has 1 atom stereocenters. The molecular formula is C15H19N3O2S. The van der Waals surface area contributed by atoms with E-state index in [0.29, 0.717) is 11.3 Å². The topological polar surface area (TPSA) is 77.2 Å². The van der Waals surface area contributed by atoms with Gasteiger partial charge in [-0.2, -0.15) is 0 Å². The van der Waals surface area contributed by atoms with Crippen LogP contribution in [-0.2, 0) is 4.74 Å². The molecule has 1 heterocycles. The number of nitrogens with one attached hydrogen (secondary N) is 1. The van der Waals surface area contributed by atoms with Crippen LogP contribution in [0.4, 0.5) is 11.4 Å². The second-order valence-electron chi connectivity index (χ2n) is 4.72. The normalized spacial score (nSPS) is 12.0. The molecule has 0 saturated heterocycles. The van der Waals surface area contributed by atoms with Crippen LogP contribution in [0.1, 0.15) is 40.3 Å². The number of nitrogens with two attached hydrogens (primary N) is 1. The highest BCUT2D eigenvalue weighted by atomic mass is 32.1. The molecule has 21 heavy (non-hydrogen) atoms. The molecule has 0 aliphatic heterocycles. The van der Waals surface area contributed by atoms with Gasteiger partial charge in [0.2, 0.25) is 0 Å². The Bertz CT molecular complexity index is 626. The van der Waals surface area contributed by atoms with Crippen molar-refractivity contribution >= 4 is 28.7 Å². The number of rotatable bonds is 5. The molecule has 0 fully saturated rings. The molecule has 1 aromatic heterocycles. The molecule has 2 rings (SSSR count). The van der Waals surface area contributed by atoms with Crippen molar-refractivity contribution in [2.75, 3.05) is 18.2 Å². The SMILES string of the molecule is CCC(Nc1cc(C)c(N)c(C(=O)OC)c1)c1nccs1. The lowest BCUT2D eigenvalue weighted by atomic mass is 10.1. The maximum absolute atomic E-state index is 11.8. The molecule has 3 N–H and O–H groups in total. The molecule has 0 radical (unpaired) electrons. The van der Waals surface area contributed by atoms with Crippen LogP contribution in [0.3, 0.4) is 0 Å². The van der Waals surface area contributed by atoms with Crippen LogP contribution in [0.25, 0.3) is 0 Å². The minimum atomic E-state index is -0.429. The predicted octanol–water partition coefficient (Wildman–Crippen LogP) is 3.38. The monoisotopic (exact) mass is 305 g/mol. The molecule has 0 bridgehead atoms. The standard InChI is InChI=1S/C15H19N3O2S/c1-4-12(14-17-5-6-21-14)18-10-7-9(2)13(16)11(8-10)15(19)20-3/h5-8,12,18H,4,16H2,1-3H3. The summed E-state index contributed by atoms with van der Waals surface area (Å²) in [6.45, 7) is 3.96. The maximum Gasteiger partial charge on any atom is 0.340 e. The highest BCUT2D eigenvalue weighted by Crippen LogP contribution is 2.28. The molecule has 6 heteroatoms. The number of carbonyl (C=O) groups excluding carboxylic acids is 1. The summed E-state index contributed by atoms with van der Waals surface area (Å²) >= 11 is 1.61. The van der Waals surface area contributed by atoms with E-state index in [0.717, 1.165) is 22.7 Å². The fourth-order valence-corrected chi connectivity index (χ4v) is 2.88. The number of benzene rings is 1. The number of nitrogens with zero attached hydrogens (tertiary/aromatic N) is 1. The Morgan fingerprint density at radius 2 is 2.29 bits per heavy atom. The largest absolute Gasteiger partial charge is 0.465 e. The fraction of sp³-hybridized carbons (Fsp3) is 0.333. The van der Waals surface area contributed by atoms with E-state index in [1.165, 1.54) is 7.11 Å². The third-order valence-corrected chi connectivity index (χ3v) is 4.18. The zero-order chi connectivity index (χ0) is 15.4. The van der Waals surface area contributed by atoms with Crippen molar-refractivity contribution in [3.05, 3.63) is 39.8 Å². The number of anilines is 2. The van der Waals surface area contributed by atoms with E-state index in [1.807, 2.05) is 18.4 Å². The van der Waals surface area contributed by atoms with Crippen molar-refractivity contribution in [1.82, 2.24) is 4.98 Å². The van der Waals surface area contributed by atoms with Crippen LogP contribution >= 0.6 is 11.3 Å². The van der Waals surface area contributed by atoms with Crippen molar-refractivity contribution in [2.45, 2.75) is 26.3 Å². The summed E-state index contributed by atoms with van der Waals surface area (Å²) in [6, 6.07) is 3.76. The van der Waals surface area contributed by atoms with Crippen molar-refractivity contribution in [3.8, 4) is 0 Å². The van der Waals surface area contributed by atoms with Gasteiger partial charge in [-0.15, -0.1) is 11.3 Å². The van der Waals surface area contributed by atoms with Gasteiger partial charge in [0.1, 0.15) is 5.01 Å². The van der Waals surface area contributed by atoms with Gasteiger partial charge in [-0.05, 0) is 31.0 Å². The van der Waals surface area contributed by atoms with E-state index in [-0.39, 0.29) is 6.04 Å². The fourth-order valence-electron chi connectivity index (χ4n) is 2.11. The van der Waals surface area contributed by atoms with Gasteiger partial charge in [0.25, 0.3) is 0 Å². The maximum atomic E-state index is 11.8. The van der Waals surface area contributed by atoms with Crippen LogP contribution in [0.2, 0.25) is 0 Å². The Labute approximate surface area is 128 Å². The summed E-state index contributed by atoms with van der Waals surface area (Å²) in [7, 11) is 1.35. The molecule has 0 amide bonds. The van der Waals surface area contributed by atoms with Gasteiger partial charge < -0.3 is 15.8 Å². The van der Waals surface area contributed by atoms with Crippen LogP contribution in [0, 0.1) is 6.92 Å². The predicted molar refractivity (Wildman–Crippen MR) is 85.7 cm³/mol. The van der Waals surface area contributed by atoms with Crippen molar-refractivity contribution in [3.63, 3.8) is 0 Å². The van der Waals surface area contributed by atoms with Gasteiger partial charge in [-0.25, -0.2) is 9.78 Å². The second-order valence-corrected chi connectivity index (χ2v) is 5.65. The van der Waals surface area contributed by atoms with Gasteiger partial charge in [0.05, 0.1) is 18.7 Å². The first-order valence-corrected chi connectivity index (χ1v) is 7.59. The number of nitrogen functional groups attached to an aromatic ring is 1. The molecule has 5 nitrogen and oxygen atoms in total. The first-order chi connectivity index (χ1) is 10.1. The quantitative estimate of drug-likeness (QED) is 0.654. The Morgan fingerprint density at radius 3 is 2.86 bits per heavy atom. The minimum Gasteiger partial charge on any atom is -0.465 e. The van der Waals surface area contributed by atoms with Crippen molar-refractivity contribution in [1.29, 1.82) is 0 Å². The van der Waals surface area contributed by atoms with E-state index in [2.05, 4.69) is 17.2 Å². The van der Waals surface area contributed by atoms with Crippen molar-refractivity contribution < 1.29 is 9.53 Å². The number of methoxy groups -OCH3 is 1. The van der Waals surface area contributed by atoms with Crippen molar-refractivity contribution in [2.24, 2.45) is 0 Å². The third-order valence-electron chi connectivity index (χ3n) is 3.29. The molecule has 112 valence electrons. The van der Waals surface area contributed by atoms with E-state index < -0.39 is 5.97 Å². The summed E-state index contributed by atoms with van der Waals surface area (Å²) in [4.78, 5) is 16.1. The van der Waals surface area contributed by atoms with Crippen LogP contribution in [-0.4, -0.2) is 18.1 Å². The van der Waals surface area contributed by atoms with E-state index in [4.69, 9.17) is 10.5 Å². The van der Waals surface area contributed by atoms with Gasteiger partial charge in [-0.1, -0.05) is 6.92 Å². The van der Waals surface area contributed by atoms with Gasteiger partial charge in [-0.3, -0.25) is 0 Å². The number of thiazole rings is 1. The van der Waals surface area contributed by atoms with Crippen LogP contribution < -0.4 is 11.1 Å². The molecule has 1 aromatic carbocycles. The Hall–Kier alpha value is -2.08. The smallest absolute Gasteiger partial charge is 0.340 e. The lowest BCUT2D eigenvalue weighted by Gasteiger charge is -2.18. The molecule has 0 spiro atoms. The molecule has 0 aliphatic rings. The first kappa shape index (κ1) is 15.3. The number of esters is 1. The summed E-state index contributed by atoms with van der Waals surface area (Å²) in [5.74, 6) is -0.429. The molecule has 0 aliphatic carbocycles. The van der Waals surface area contributed by atoms with Gasteiger partial charge >= 0.3 is 5.97 Å². The van der Waals surface area contributed by atoms with E-state index >= 15 is 0 Å². The summed E-state index contributed by atoms with van der Waals surface area (Å²) in [5, 5.41) is 6.38. The highest BCUT2D eigenvalue weighted by molar-refractivity contribution is 7.09. The number of aryl methyl sites for hydroxylation is 1. The molecule has 0 saturated carbocycles. The van der Waals surface area contributed by atoms with E-state index in [9.17, 15) is 4.79 Å². The Morgan fingerprint density at radius 1 is 1.52 bits per heavy atom. The highest BCUT2D eigenvalue weighted by Gasteiger charge is 2.16. The van der Waals surface area contributed by atoms with Crippen LogP contribution in [0.15, 0.2) is 23.7 Å². The first-order valence-electron chi connectivity index (χ1n) is 6.71. The Balaban J connectivity index is 2.32. The number of carbonyl (C=O) groups is 1. The molecule has 1 unspecified atom stereocenters. The molecule has 2 aromatic rings. The number of hydrogen-bond acceptors (Lipinski definition) is 6. The number of aromatic nitrogens is 1. The van der Waals surface area contributed by atoms with Gasteiger partial charge in [0.15, 0.2) is 0 Å². The van der Waals surface area contributed by atoms with Gasteiger partial charge in [0, 0.05) is 23.0 Å². The third kappa shape index (κ3) is 3.33. The zero-order valence-corrected chi connectivity index (χ0v) is 13.2. The average molecular weight is 305 g/mol. The average Bonchev–Trinajstić information content (AvgIpc) is 3.01. The lowest BCUT2D eigenvalue weighted by Crippen LogP contribution is -2.12. The Kier molecular flexibility index (Phi) is 4.80. The lowest BCUT2D eigenvalue weighted by molar-refractivity contribution is 0.0602. The van der Waals surface area contributed by atoms with E-state index in [1.54, 1.807) is 23.6 Å².